The van der Waals surface area contributed by atoms with Gasteiger partial charge in [0, 0.05) is 0 Å². The zero-order valence-electron chi connectivity index (χ0n) is 18.5. The number of carbonyl (C=O) groups excluding carboxylic acids is 2. The summed E-state index contributed by atoms with van der Waals surface area (Å²) >= 11 is 0. The Labute approximate surface area is 188 Å². The third-order valence-electron chi connectivity index (χ3n) is 5.15. The first-order chi connectivity index (χ1) is 12.4. The molecule has 0 bridgehead atoms. The predicted octanol–water partition coefficient (Wildman–Crippen LogP) is 0.695. The van der Waals surface area contributed by atoms with Crippen LogP contribution in [0, 0.1) is 0 Å². The van der Waals surface area contributed by atoms with Gasteiger partial charge >= 0.3 is 35.5 Å². The zero-order chi connectivity index (χ0) is 19.8. The van der Waals surface area contributed by atoms with Crippen LogP contribution >= 0.6 is 0 Å². The predicted molar refractivity (Wildman–Crippen MR) is 104 cm³/mol. The molecule has 27 heavy (non-hydrogen) atoms. The number of rotatable bonds is 17. The Morgan fingerprint density at radius 3 is 1.70 bits per heavy atom. The Morgan fingerprint density at radius 2 is 1.30 bits per heavy atom. The first kappa shape index (κ1) is 29.1. The molecule has 0 heterocycles. The van der Waals surface area contributed by atoms with Crippen LogP contribution in [0.5, 0.6) is 0 Å². The summed E-state index contributed by atoms with van der Waals surface area (Å²) in [5.41, 5.74) is -1.31. The van der Waals surface area contributed by atoms with E-state index in [1.807, 2.05) is 13.8 Å². The zero-order valence-corrected chi connectivity index (χ0v) is 20.5. The van der Waals surface area contributed by atoms with Crippen molar-refractivity contribution >= 4 is 11.9 Å². The Balaban J connectivity index is 0. The molecule has 0 fully saturated rings. The van der Waals surface area contributed by atoms with Gasteiger partial charge in [0.15, 0.2) is 0 Å². The van der Waals surface area contributed by atoms with Gasteiger partial charge in [-0.1, -0.05) is 78.6 Å². The number of nitrogens with zero attached hydrogens (tertiary/aromatic N) is 1. The minimum atomic E-state index is -1.31. The van der Waals surface area contributed by atoms with Crippen molar-refractivity contribution in [2.75, 3.05) is 19.7 Å². The minimum Gasteiger partial charge on any atom is -0.548 e. The number of carboxylic acid groups (broad SMARTS) is 1. The molecular weight excluding hydrogens is 353 g/mol. The second kappa shape index (κ2) is 18.0. The summed E-state index contributed by atoms with van der Waals surface area (Å²) in [5.74, 6) is -1.68. The van der Waals surface area contributed by atoms with Gasteiger partial charge in [-0.3, -0.25) is 9.69 Å². The van der Waals surface area contributed by atoms with E-state index in [1.165, 1.54) is 58.3 Å². The van der Waals surface area contributed by atoms with Crippen LogP contribution in [-0.2, 0) is 14.3 Å². The van der Waals surface area contributed by atoms with Gasteiger partial charge in [0.25, 0.3) is 0 Å². The largest absolute Gasteiger partial charge is 1.00 e. The molecule has 0 spiro atoms. The van der Waals surface area contributed by atoms with Crippen molar-refractivity contribution in [3.05, 3.63) is 0 Å². The molecule has 0 aliphatic carbocycles. The SMILES string of the molecule is CCCCCCCCCCCCOC(=O)CC(C)(C(=O)[O-])N(CC)CC.[Na+]. The first-order valence-corrected chi connectivity index (χ1v) is 10.5. The molecule has 0 aromatic heterocycles. The maximum absolute atomic E-state index is 12.0. The summed E-state index contributed by atoms with van der Waals surface area (Å²) in [7, 11) is 0. The van der Waals surface area contributed by atoms with E-state index in [2.05, 4.69) is 6.92 Å². The van der Waals surface area contributed by atoms with Gasteiger partial charge in [0.05, 0.1) is 24.5 Å². The van der Waals surface area contributed by atoms with Crippen LogP contribution in [0.25, 0.3) is 0 Å². The van der Waals surface area contributed by atoms with Crippen LogP contribution in [0.3, 0.4) is 0 Å². The average Bonchev–Trinajstić information content (AvgIpc) is 2.60. The number of likely N-dealkylation sites (N-methyl/N-ethyl adjacent to an activating group) is 1. The molecule has 0 radical (unpaired) electrons. The quantitative estimate of drug-likeness (QED) is 0.207. The van der Waals surface area contributed by atoms with Crippen LogP contribution in [0.2, 0.25) is 0 Å². The van der Waals surface area contributed by atoms with E-state index in [-0.39, 0.29) is 36.0 Å². The fourth-order valence-corrected chi connectivity index (χ4v) is 3.34. The molecule has 154 valence electrons. The van der Waals surface area contributed by atoms with E-state index in [0.717, 1.165) is 12.8 Å². The maximum Gasteiger partial charge on any atom is 1.00 e. The van der Waals surface area contributed by atoms with E-state index in [0.29, 0.717) is 19.7 Å². The van der Waals surface area contributed by atoms with Crippen LogP contribution in [-0.4, -0.2) is 42.1 Å². The van der Waals surface area contributed by atoms with Gasteiger partial charge in [-0.25, -0.2) is 0 Å². The standard InChI is InChI=1S/C21H41NO4.Na/c1-5-8-9-10-11-12-13-14-15-16-17-26-19(23)18-21(4,20(24)25)22(6-2)7-3;/h5-18H2,1-4H3,(H,24,25);/q;+1/p-1. The van der Waals surface area contributed by atoms with E-state index in [9.17, 15) is 14.7 Å². The Kier molecular flexibility index (Phi) is 19.4. The molecule has 5 nitrogen and oxygen atoms in total. The molecule has 1 atom stereocenters. The number of aliphatic carboxylic acids is 1. The van der Waals surface area contributed by atoms with Crippen molar-refractivity contribution in [1.29, 1.82) is 0 Å². The van der Waals surface area contributed by atoms with Crippen LogP contribution in [0.1, 0.15) is 98.3 Å². The average molecular weight is 394 g/mol. The summed E-state index contributed by atoms with van der Waals surface area (Å²) < 4.78 is 5.24. The van der Waals surface area contributed by atoms with Crippen molar-refractivity contribution in [3.63, 3.8) is 0 Å². The fourth-order valence-electron chi connectivity index (χ4n) is 3.34. The number of carboxylic acids is 1. The van der Waals surface area contributed by atoms with Crippen LogP contribution in [0.15, 0.2) is 0 Å². The number of hydrogen-bond donors (Lipinski definition) is 0. The molecule has 0 N–H and O–H groups in total. The Hall–Kier alpha value is -0.100. The number of hydrogen-bond acceptors (Lipinski definition) is 5. The van der Waals surface area contributed by atoms with Gasteiger partial charge in [0.2, 0.25) is 0 Å². The molecule has 0 aliphatic heterocycles. The third-order valence-corrected chi connectivity index (χ3v) is 5.15. The van der Waals surface area contributed by atoms with Gasteiger partial charge in [0.1, 0.15) is 0 Å². The maximum atomic E-state index is 12.0. The Morgan fingerprint density at radius 1 is 0.852 bits per heavy atom. The Bertz CT molecular complexity index is 388. The molecular formula is C21H40NNaO4. The molecule has 0 aromatic carbocycles. The summed E-state index contributed by atoms with van der Waals surface area (Å²) in [4.78, 5) is 25.3. The second-order valence-corrected chi connectivity index (χ2v) is 7.31. The van der Waals surface area contributed by atoms with Crippen molar-refractivity contribution in [3.8, 4) is 0 Å². The van der Waals surface area contributed by atoms with E-state index < -0.39 is 17.5 Å². The fraction of sp³-hybridized carbons (Fsp3) is 0.905. The minimum absolute atomic E-state index is 0. The van der Waals surface area contributed by atoms with Crippen molar-refractivity contribution in [2.24, 2.45) is 0 Å². The molecule has 0 saturated heterocycles. The van der Waals surface area contributed by atoms with Crippen molar-refractivity contribution in [2.45, 2.75) is 104 Å². The number of ether oxygens (including phenoxy) is 1. The van der Waals surface area contributed by atoms with E-state index in [4.69, 9.17) is 4.74 Å². The molecule has 6 heteroatoms. The van der Waals surface area contributed by atoms with E-state index >= 15 is 0 Å². The normalized spacial score (nSPS) is 13.1. The second-order valence-electron chi connectivity index (χ2n) is 7.31. The monoisotopic (exact) mass is 393 g/mol. The van der Waals surface area contributed by atoms with Gasteiger partial charge in [-0.05, 0) is 26.4 Å². The summed E-state index contributed by atoms with van der Waals surface area (Å²) in [6.45, 7) is 8.99. The molecule has 0 aromatic rings. The van der Waals surface area contributed by atoms with Gasteiger partial charge in [-0.2, -0.15) is 0 Å². The molecule has 0 amide bonds. The van der Waals surface area contributed by atoms with E-state index in [1.54, 1.807) is 4.90 Å². The first-order valence-electron chi connectivity index (χ1n) is 10.5. The summed E-state index contributed by atoms with van der Waals surface area (Å²) in [5, 5.41) is 11.5. The molecule has 0 saturated carbocycles. The topological polar surface area (TPSA) is 69.7 Å². The summed E-state index contributed by atoms with van der Waals surface area (Å²) in [6.07, 6.45) is 12.1. The number of carbonyl (C=O) groups is 2. The van der Waals surface area contributed by atoms with Crippen LogP contribution < -0.4 is 34.7 Å². The number of unbranched alkanes of at least 4 members (excludes halogenated alkanes) is 9. The molecule has 0 rings (SSSR count). The summed E-state index contributed by atoms with van der Waals surface area (Å²) in [6, 6.07) is 0. The van der Waals surface area contributed by atoms with Crippen molar-refractivity contribution < 1.29 is 49.0 Å². The smallest absolute Gasteiger partial charge is 0.548 e. The number of esters is 1. The van der Waals surface area contributed by atoms with Crippen LogP contribution in [0.4, 0.5) is 0 Å². The molecule has 1 unspecified atom stereocenters. The van der Waals surface area contributed by atoms with Gasteiger partial charge < -0.3 is 14.6 Å². The van der Waals surface area contributed by atoms with Crippen molar-refractivity contribution in [1.82, 2.24) is 4.90 Å². The van der Waals surface area contributed by atoms with Gasteiger partial charge in [-0.15, -0.1) is 0 Å². The molecule has 0 aliphatic rings. The third kappa shape index (κ3) is 12.9.